The maximum absolute atomic E-state index is 12.5. The van der Waals surface area contributed by atoms with Gasteiger partial charge in [-0.1, -0.05) is 48.5 Å². The lowest BCUT2D eigenvalue weighted by atomic mass is 10.1. The fourth-order valence-electron chi connectivity index (χ4n) is 3.94. The number of carbonyl (C=O) groups excluding carboxylic acids is 2. The van der Waals surface area contributed by atoms with Gasteiger partial charge >= 0.3 is 0 Å². The topological polar surface area (TPSA) is 85.4 Å². The van der Waals surface area contributed by atoms with E-state index in [1.165, 1.54) is 0 Å². The molecular formula is C25H34N4O4. The summed E-state index contributed by atoms with van der Waals surface area (Å²) in [5, 5.41) is 14.6. The number of carbonyl (C=O) groups is 2. The highest BCUT2D eigenvalue weighted by molar-refractivity contribution is 5.93. The number of amides is 2. The van der Waals surface area contributed by atoms with Gasteiger partial charge in [0, 0.05) is 38.4 Å². The summed E-state index contributed by atoms with van der Waals surface area (Å²) < 4.78 is 0. The average molecular weight is 455 g/mol. The van der Waals surface area contributed by atoms with E-state index in [4.69, 9.17) is 4.84 Å². The smallest absolute Gasteiger partial charge is 0.238 e. The van der Waals surface area contributed by atoms with Crippen LogP contribution in [0.5, 0.6) is 0 Å². The molecule has 1 aliphatic rings. The van der Waals surface area contributed by atoms with Crippen molar-refractivity contribution >= 4 is 18.0 Å². The van der Waals surface area contributed by atoms with Crippen molar-refractivity contribution in [2.24, 2.45) is 0 Å². The van der Waals surface area contributed by atoms with Crippen molar-refractivity contribution in [3.05, 3.63) is 65.2 Å². The molecule has 2 amide bonds. The summed E-state index contributed by atoms with van der Waals surface area (Å²) in [6.07, 6.45) is -0.122. The number of para-hydroxylation sites is 1. The van der Waals surface area contributed by atoms with E-state index in [9.17, 15) is 14.7 Å². The number of hydroxylamine groups is 2. The molecule has 2 N–H and O–H groups in total. The zero-order valence-corrected chi connectivity index (χ0v) is 19.4. The number of β-amino-alcohol motifs (C(OH)–C–C–N with tert-alkyl or cyclic N) is 1. The van der Waals surface area contributed by atoms with Crippen LogP contribution in [0.15, 0.2) is 48.5 Å². The van der Waals surface area contributed by atoms with E-state index in [2.05, 4.69) is 15.1 Å². The van der Waals surface area contributed by atoms with Crippen LogP contribution in [0.25, 0.3) is 0 Å². The van der Waals surface area contributed by atoms with Crippen molar-refractivity contribution in [3.8, 4) is 0 Å². The molecule has 1 fully saturated rings. The minimum absolute atomic E-state index is 0.0157. The zero-order valence-electron chi connectivity index (χ0n) is 19.4. The predicted octanol–water partition coefficient (Wildman–Crippen LogP) is 1.81. The number of anilines is 1. The van der Waals surface area contributed by atoms with E-state index < -0.39 is 6.10 Å². The molecular weight excluding hydrogens is 420 g/mol. The zero-order chi connectivity index (χ0) is 23.6. The lowest BCUT2D eigenvalue weighted by molar-refractivity contribution is -0.185. The summed E-state index contributed by atoms with van der Waals surface area (Å²) in [6, 6.07) is 15.5. The Labute approximate surface area is 195 Å². The second-order valence-corrected chi connectivity index (χ2v) is 8.51. The molecule has 33 heavy (non-hydrogen) atoms. The Kier molecular flexibility index (Phi) is 9.38. The number of nitrogens with one attached hydrogen (secondary N) is 1. The minimum atomic E-state index is -0.718. The van der Waals surface area contributed by atoms with Gasteiger partial charge in [0.1, 0.15) is 6.61 Å². The van der Waals surface area contributed by atoms with Crippen LogP contribution >= 0.6 is 0 Å². The van der Waals surface area contributed by atoms with Gasteiger partial charge in [0.15, 0.2) is 0 Å². The summed E-state index contributed by atoms with van der Waals surface area (Å²) in [5.74, 6) is -0.0157. The van der Waals surface area contributed by atoms with Crippen molar-refractivity contribution in [2.75, 3.05) is 51.1 Å². The summed E-state index contributed by atoms with van der Waals surface area (Å²) in [7, 11) is 0. The third-order valence-electron chi connectivity index (χ3n) is 5.79. The summed E-state index contributed by atoms with van der Waals surface area (Å²) in [5.41, 5.74) is 3.95. The maximum Gasteiger partial charge on any atom is 0.238 e. The first kappa shape index (κ1) is 24.9. The lowest BCUT2D eigenvalue weighted by Gasteiger charge is -2.35. The Balaban J connectivity index is 1.36. The first-order valence-electron chi connectivity index (χ1n) is 11.3. The number of aliphatic hydroxyl groups is 1. The van der Waals surface area contributed by atoms with Gasteiger partial charge < -0.3 is 10.4 Å². The molecule has 2 aromatic carbocycles. The number of rotatable bonds is 11. The summed E-state index contributed by atoms with van der Waals surface area (Å²) in [4.78, 5) is 33.6. The molecule has 0 bridgehead atoms. The summed E-state index contributed by atoms with van der Waals surface area (Å²) in [6.45, 7) is 8.14. The fourth-order valence-corrected chi connectivity index (χ4v) is 3.94. The van der Waals surface area contributed by atoms with Crippen molar-refractivity contribution in [3.63, 3.8) is 0 Å². The molecule has 1 heterocycles. The SMILES string of the molecule is Cc1cccc(C)c1NC(=O)CN1CCN(CC(O)CN(C=O)OCc2ccccc2)CC1. The number of hydrogen-bond acceptors (Lipinski definition) is 6. The van der Waals surface area contributed by atoms with Crippen molar-refractivity contribution in [1.82, 2.24) is 14.9 Å². The van der Waals surface area contributed by atoms with E-state index in [1.54, 1.807) is 0 Å². The second-order valence-electron chi connectivity index (χ2n) is 8.51. The standard InChI is InChI=1S/C25H34N4O4/c1-20-7-6-8-21(2)25(20)26-24(32)17-28-13-11-27(12-14-28)15-23(31)16-29(19-30)33-18-22-9-4-3-5-10-22/h3-10,19,23,31H,11-18H2,1-2H3,(H,26,32). The molecule has 0 saturated carbocycles. The maximum atomic E-state index is 12.5. The number of nitrogens with zero attached hydrogens (tertiary/aromatic N) is 3. The third kappa shape index (κ3) is 7.94. The highest BCUT2D eigenvalue weighted by atomic mass is 16.7. The van der Waals surface area contributed by atoms with Crippen LogP contribution in [0.4, 0.5) is 5.69 Å². The lowest BCUT2D eigenvalue weighted by Crippen LogP contribution is -2.51. The van der Waals surface area contributed by atoms with Crippen LogP contribution in [-0.4, -0.2) is 84.2 Å². The normalized spacial score (nSPS) is 15.7. The van der Waals surface area contributed by atoms with E-state index in [0.717, 1.165) is 53.6 Å². The molecule has 0 aromatic heterocycles. The van der Waals surface area contributed by atoms with Crippen LogP contribution in [-0.2, 0) is 21.0 Å². The molecule has 8 nitrogen and oxygen atoms in total. The van der Waals surface area contributed by atoms with E-state index in [0.29, 0.717) is 19.5 Å². The summed E-state index contributed by atoms with van der Waals surface area (Å²) >= 11 is 0. The van der Waals surface area contributed by atoms with Gasteiger partial charge in [0.05, 0.1) is 19.2 Å². The van der Waals surface area contributed by atoms with Crippen molar-refractivity contribution in [1.29, 1.82) is 0 Å². The van der Waals surface area contributed by atoms with E-state index in [1.807, 2.05) is 62.4 Å². The monoisotopic (exact) mass is 454 g/mol. The second kappa shape index (κ2) is 12.5. The van der Waals surface area contributed by atoms with Crippen LogP contribution in [0.2, 0.25) is 0 Å². The molecule has 1 atom stereocenters. The van der Waals surface area contributed by atoms with Crippen molar-refractivity contribution in [2.45, 2.75) is 26.6 Å². The highest BCUT2D eigenvalue weighted by Crippen LogP contribution is 2.19. The van der Waals surface area contributed by atoms with Gasteiger partial charge in [0.25, 0.3) is 0 Å². The van der Waals surface area contributed by atoms with Crippen LogP contribution in [0.1, 0.15) is 16.7 Å². The van der Waals surface area contributed by atoms with Gasteiger partial charge in [-0.2, -0.15) is 0 Å². The van der Waals surface area contributed by atoms with Crippen LogP contribution in [0.3, 0.4) is 0 Å². The Morgan fingerprint density at radius 3 is 2.33 bits per heavy atom. The fraction of sp³-hybridized carbons (Fsp3) is 0.440. The molecule has 178 valence electrons. The third-order valence-corrected chi connectivity index (χ3v) is 5.79. The van der Waals surface area contributed by atoms with E-state index >= 15 is 0 Å². The van der Waals surface area contributed by atoms with Gasteiger partial charge in [0.2, 0.25) is 12.3 Å². The molecule has 0 spiro atoms. The number of benzene rings is 2. The van der Waals surface area contributed by atoms with Gasteiger partial charge in [-0.05, 0) is 30.5 Å². The Morgan fingerprint density at radius 2 is 1.70 bits per heavy atom. The Bertz CT molecular complexity index is 880. The number of piperazine rings is 1. The molecule has 0 aliphatic carbocycles. The number of hydrogen-bond donors (Lipinski definition) is 2. The van der Waals surface area contributed by atoms with Gasteiger partial charge in [-0.25, -0.2) is 5.06 Å². The molecule has 1 saturated heterocycles. The van der Waals surface area contributed by atoms with E-state index in [-0.39, 0.29) is 19.1 Å². The predicted molar refractivity (Wildman–Crippen MR) is 127 cm³/mol. The first-order chi connectivity index (χ1) is 15.9. The van der Waals surface area contributed by atoms with Crippen LogP contribution in [0, 0.1) is 13.8 Å². The molecule has 1 unspecified atom stereocenters. The molecule has 1 aliphatic heterocycles. The Morgan fingerprint density at radius 1 is 1.06 bits per heavy atom. The highest BCUT2D eigenvalue weighted by Gasteiger charge is 2.22. The molecule has 8 heteroatoms. The molecule has 3 rings (SSSR count). The molecule has 0 radical (unpaired) electrons. The minimum Gasteiger partial charge on any atom is -0.390 e. The average Bonchev–Trinajstić information content (AvgIpc) is 2.81. The number of aliphatic hydroxyl groups excluding tert-OH is 1. The Hall–Kier alpha value is -2.78. The van der Waals surface area contributed by atoms with Gasteiger partial charge in [-0.3, -0.25) is 24.2 Å². The van der Waals surface area contributed by atoms with Gasteiger partial charge in [-0.15, -0.1) is 0 Å². The largest absolute Gasteiger partial charge is 0.390 e. The molecule has 2 aromatic rings. The van der Waals surface area contributed by atoms with Crippen molar-refractivity contribution < 1.29 is 19.5 Å². The quantitative estimate of drug-likeness (QED) is 0.398. The first-order valence-corrected chi connectivity index (χ1v) is 11.3. The van der Waals surface area contributed by atoms with Crippen LogP contribution < -0.4 is 5.32 Å². The number of aryl methyl sites for hydroxylation is 2.